The molecule has 0 aromatic heterocycles. The summed E-state index contributed by atoms with van der Waals surface area (Å²) in [6, 6.07) is -0.367. The molecule has 19 heavy (non-hydrogen) atoms. The predicted molar refractivity (Wildman–Crippen MR) is 70.6 cm³/mol. The molecule has 2 fully saturated rings. The first-order valence-corrected chi connectivity index (χ1v) is 7.06. The molecule has 2 amide bonds. The maximum absolute atomic E-state index is 12.0. The molecule has 2 saturated heterocycles. The highest BCUT2D eigenvalue weighted by atomic mass is 16.5. The van der Waals surface area contributed by atoms with E-state index in [4.69, 9.17) is 4.74 Å². The Bertz CT molecular complexity index is 335. The predicted octanol–water partition coefficient (Wildman–Crippen LogP) is -0.508. The van der Waals surface area contributed by atoms with E-state index in [9.17, 15) is 9.59 Å². The number of carbonyl (C=O) groups is 2. The summed E-state index contributed by atoms with van der Waals surface area (Å²) in [5.74, 6) is -0.127. The monoisotopic (exact) mass is 269 g/mol. The number of hydrogen-bond donors (Lipinski definition) is 2. The first-order valence-electron chi connectivity index (χ1n) is 7.06. The molecule has 108 valence electrons. The van der Waals surface area contributed by atoms with Crippen molar-refractivity contribution < 1.29 is 14.3 Å². The van der Waals surface area contributed by atoms with Gasteiger partial charge < -0.3 is 15.4 Å². The first-order chi connectivity index (χ1) is 9.15. The van der Waals surface area contributed by atoms with E-state index >= 15 is 0 Å². The van der Waals surface area contributed by atoms with Crippen molar-refractivity contribution in [2.75, 3.05) is 32.8 Å². The minimum atomic E-state index is -0.367. The number of ether oxygens (including phenoxy) is 1. The molecule has 2 aliphatic rings. The molecule has 6 heteroatoms. The van der Waals surface area contributed by atoms with Crippen LogP contribution in [0.5, 0.6) is 0 Å². The summed E-state index contributed by atoms with van der Waals surface area (Å²) in [6.45, 7) is 5.27. The summed E-state index contributed by atoms with van der Waals surface area (Å²) < 4.78 is 5.44. The molecular formula is C13H23N3O3. The van der Waals surface area contributed by atoms with Crippen LogP contribution in [0, 0.1) is 0 Å². The van der Waals surface area contributed by atoms with Crippen LogP contribution < -0.4 is 10.6 Å². The zero-order chi connectivity index (χ0) is 13.7. The fraction of sp³-hybridized carbons (Fsp3) is 0.846. The number of nitrogens with one attached hydrogen (secondary N) is 2. The van der Waals surface area contributed by atoms with Gasteiger partial charge in [0.25, 0.3) is 0 Å². The van der Waals surface area contributed by atoms with Crippen LogP contribution >= 0.6 is 0 Å². The summed E-state index contributed by atoms with van der Waals surface area (Å²) in [5.41, 5.74) is 0. The number of amides is 2. The van der Waals surface area contributed by atoms with Gasteiger partial charge in [0.05, 0.1) is 19.3 Å². The van der Waals surface area contributed by atoms with Crippen LogP contribution in [0.1, 0.15) is 26.2 Å². The lowest BCUT2D eigenvalue weighted by Gasteiger charge is -2.30. The molecule has 0 saturated carbocycles. The Morgan fingerprint density at radius 3 is 3.16 bits per heavy atom. The highest BCUT2D eigenvalue weighted by molar-refractivity contribution is 5.88. The third-order valence-corrected chi connectivity index (χ3v) is 3.56. The van der Waals surface area contributed by atoms with Gasteiger partial charge >= 0.3 is 0 Å². The zero-order valence-corrected chi connectivity index (χ0v) is 11.5. The molecule has 0 aromatic carbocycles. The van der Waals surface area contributed by atoms with Gasteiger partial charge in [-0.05, 0) is 26.2 Å². The molecule has 2 N–H and O–H groups in total. The Kier molecular flexibility index (Phi) is 5.15. The van der Waals surface area contributed by atoms with Gasteiger partial charge in [0.1, 0.15) is 6.04 Å². The normalized spacial score (nSPS) is 29.4. The second-order valence-electron chi connectivity index (χ2n) is 5.32. The molecular weight excluding hydrogens is 246 g/mol. The second-order valence-corrected chi connectivity index (χ2v) is 5.32. The highest BCUT2D eigenvalue weighted by Gasteiger charge is 2.24. The van der Waals surface area contributed by atoms with Crippen LogP contribution in [0.15, 0.2) is 0 Å². The van der Waals surface area contributed by atoms with E-state index in [1.54, 1.807) is 0 Å². The van der Waals surface area contributed by atoms with Gasteiger partial charge in [-0.25, -0.2) is 0 Å². The fourth-order valence-corrected chi connectivity index (χ4v) is 2.55. The summed E-state index contributed by atoms with van der Waals surface area (Å²) in [6.07, 6.45) is 2.86. The number of morpholine rings is 1. The van der Waals surface area contributed by atoms with Gasteiger partial charge in [0, 0.05) is 19.6 Å². The molecule has 0 bridgehead atoms. The number of carbonyl (C=O) groups excluding carboxylic acids is 2. The number of hydrogen-bond acceptors (Lipinski definition) is 4. The van der Waals surface area contributed by atoms with Gasteiger partial charge in [-0.3, -0.25) is 14.5 Å². The van der Waals surface area contributed by atoms with E-state index in [0.717, 1.165) is 32.4 Å². The topological polar surface area (TPSA) is 70.7 Å². The van der Waals surface area contributed by atoms with Crippen molar-refractivity contribution in [1.82, 2.24) is 15.5 Å². The molecule has 0 radical (unpaired) electrons. The Hall–Kier alpha value is -1.14. The minimum Gasteiger partial charge on any atom is -0.376 e. The molecule has 0 aliphatic carbocycles. The van der Waals surface area contributed by atoms with Crippen molar-refractivity contribution in [3.05, 3.63) is 0 Å². The summed E-state index contributed by atoms with van der Waals surface area (Å²) in [5, 5.41) is 5.66. The van der Waals surface area contributed by atoms with Gasteiger partial charge in [-0.1, -0.05) is 0 Å². The van der Waals surface area contributed by atoms with Gasteiger partial charge in [-0.2, -0.15) is 0 Å². The maximum Gasteiger partial charge on any atom is 0.242 e. The molecule has 2 rings (SSSR count). The van der Waals surface area contributed by atoms with E-state index in [1.165, 1.54) is 0 Å². The number of nitrogens with zero attached hydrogens (tertiary/aromatic N) is 1. The lowest BCUT2D eigenvalue weighted by atomic mass is 10.1. The van der Waals surface area contributed by atoms with Crippen molar-refractivity contribution in [3.63, 3.8) is 0 Å². The first kappa shape index (κ1) is 14.3. The molecule has 0 unspecified atom stereocenters. The number of rotatable bonds is 3. The smallest absolute Gasteiger partial charge is 0.242 e. The van der Waals surface area contributed by atoms with Crippen LogP contribution in [0.25, 0.3) is 0 Å². The summed E-state index contributed by atoms with van der Waals surface area (Å²) in [7, 11) is 0. The van der Waals surface area contributed by atoms with E-state index < -0.39 is 0 Å². The van der Waals surface area contributed by atoms with Crippen LogP contribution in [0.4, 0.5) is 0 Å². The Labute approximate surface area is 113 Å². The third kappa shape index (κ3) is 4.47. The van der Waals surface area contributed by atoms with Crippen LogP contribution in [-0.2, 0) is 14.3 Å². The fourth-order valence-electron chi connectivity index (χ4n) is 2.55. The Balaban J connectivity index is 1.78. The lowest BCUT2D eigenvalue weighted by Crippen LogP contribution is -2.51. The molecule has 0 aromatic rings. The summed E-state index contributed by atoms with van der Waals surface area (Å²) in [4.78, 5) is 25.8. The van der Waals surface area contributed by atoms with E-state index in [2.05, 4.69) is 15.5 Å². The average molecular weight is 269 g/mol. The largest absolute Gasteiger partial charge is 0.376 e. The van der Waals surface area contributed by atoms with Gasteiger partial charge in [0.2, 0.25) is 11.8 Å². The molecule has 6 nitrogen and oxygen atoms in total. The van der Waals surface area contributed by atoms with Crippen LogP contribution in [0.2, 0.25) is 0 Å². The van der Waals surface area contributed by atoms with E-state index in [-0.39, 0.29) is 24.0 Å². The Morgan fingerprint density at radius 1 is 1.53 bits per heavy atom. The van der Waals surface area contributed by atoms with Crippen LogP contribution in [-0.4, -0.2) is 61.6 Å². The SMILES string of the molecule is C[C@H]1CN(CC(=O)N[C@@H]2CCCCNC2=O)CCO1. The molecule has 2 heterocycles. The standard InChI is InChI=1S/C13H23N3O3/c1-10-8-16(6-7-19-10)9-12(17)15-11-4-2-3-5-14-13(11)18/h10-11H,2-9H2,1H3,(H,14,18)(H,15,17)/t10-,11+/m0/s1. The maximum atomic E-state index is 12.0. The van der Waals surface area contributed by atoms with Crippen molar-refractivity contribution >= 4 is 11.8 Å². The van der Waals surface area contributed by atoms with Crippen molar-refractivity contribution in [1.29, 1.82) is 0 Å². The quantitative estimate of drug-likeness (QED) is 0.724. The van der Waals surface area contributed by atoms with Crippen LogP contribution in [0.3, 0.4) is 0 Å². The molecule has 2 atom stereocenters. The average Bonchev–Trinajstić information content (AvgIpc) is 2.55. The molecule has 2 aliphatic heterocycles. The third-order valence-electron chi connectivity index (χ3n) is 3.56. The van der Waals surface area contributed by atoms with E-state index in [1.807, 2.05) is 6.92 Å². The lowest BCUT2D eigenvalue weighted by molar-refractivity contribution is -0.130. The Morgan fingerprint density at radius 2 is 2.37 bits per heavy atom. The summed E-state index contributed by atoms with van der Waals surface area (Å²) >= 11 is 0. The second kappa shape index (κ2) is 6.86. The minimum absolute atomic E-state index is 0.0544. The highest BCUT2D eigenvalue weighted by Crippen LogP contribution is 2.06. The van der Waals surface area contributed by atoms with Gasteiger partial charge in [0.15, 0.2) is 0 Å². The molecule has 0 spiro atoms. The van der Waals surface area contributed by atoms with Crippen molar-refractivity contribution in [2.24, 2.45) is 0 Å². The van der Waals surface area contributed by atoms with E-state index in [0.29, 0.717) is 19.7 Å². The van der Waals surface area contributed by atoms with Crippen molar-refractivity contribution in [3.8, 4) is 0 Å². The van der Waals surface area contributed by atoms with Crippen molar-refractivity contribution in [2.45, 2.75) is 38.3 Å². The zero-order valence-electron chi connectivity index (χ0n) is 11.5. The van der Waals surface area contributed by atoms with Gasteiger partial charge in [-0.15, -0.1) is 0 Å².